The van der Waals surface area contributed by atoms with Crippen molar-refractivity contribution < 1.29 is 38.5 Å². The number of carboxylic acid groups (broad SMARTS) is 1. The topological polar surface area (TPSA) is 116 Å². The molecule has 0 amide bonds. The van der Waals surface area contributed by atoms with E-state index in [0.29, 0.717) is 28.6 Å². The number of carbonyl (C=O) groups is 4. The van der Waals surface area contributed by atoms with Gasteiger partial charge in [-0.25, -0.2) is 4.79 Å². The molecule has 3 aromatic rings. The van der Waals surface area contributed by atoms with Gasteiger partial charge in [-0.2, -0.15) is 0 Å². The SMILES string of the molecule is COc1cc(Oc2ccc3cc2C(=O)C3=O)ccc1Oc1ccc(C(=O)C(=O)O)cc1. The molecule has 0 fully saturated rings. The number of carboxylic acids is 1. The predicted octanol–water partition coefficient (Wildman–Crippen LogP) is 3.93. The minimum Gasteiger partial charge on any atom is -0.493 e. The maximum Gasteiger partial charge on any atom is 0.377 e. The Kier molecular flexibility index (Phi) is 4.96. The van der Waals surface area contributed by atoms with Crippen molar-refractivity contribution >= 4 is 23.3 Å². The lowest BCUT2D eigenvalue weighted by Crippen LogP contribution is -2.12. The van der Waals surface area contributed by atoms with E-state index in [0.717, 1.165) is 0 Å². The van der Waals surface area contributed by atoms with Gasteiger partial charge >= 0.3 is 5.97 Å². The van der Waals surface area contributed by atoms with E-state index in [2.05, 4.69) is 0 Å². The molecule has 1 aliphatic carbocycles. The molecule has 154 valence electrons. The molecule has 4 rings (SSSR count). The van der Waals surface area contributed by atoms with Crippen LogP contribution in [0.4, 0.5) is 0 Å². The maximum absolute atomic E-state index is 12.0. The predicted molar refractivity (Wildman–Crippen MR) is 107 cm³/mol. The molecule has 0 aliphatic heterocycles. The van der Waals surface area contributed by atoms with Crippen molar-refractivity contribution in [3.63, 3.8) is 0 Å². The highest BCUT2D eigenvalue weighted by Gasteiger charge is 2.30. The zero-order chi connectivity index (χ0) is 22.1. The molecule has 0 atom stereocenters. The molecule has 0 heterocycles. The van der Waals surface area contributed by atoms with Gasteiger partial charge < -0.3 is 19.3 Å². The molecule has 2 bridgehead atoms. The summed E-state index contributed by atoms with van der Waals surface area (Å²) in [6.45, 7) is 0. The van der Waals surface area contributed by atoms with Crippen LogP contribution in [0.2, 0.25) is 0 Å². The number of rotatable bonds is 7. The zero-order valence-corrected chi connectivity index (χ0v) is 16.1. The second-order valence-electron chi connectivity index (χ2n) is 6.54. The summed E-state index contributed by atoms with van der Waals surface area (Å²) in [6.07, 6.45) is 0. The van der Waals surface area contributed by atoms with E-state index in [1.807, 2.05) is 0 Å². The van der Waals surface area contributed by atoms with E-state index < -0.39 is 23.3 Å². The number of ketones is 3. The van der Waals surface area contributed by atoms with Gasteiger partial charge in [-0.05, 0) is 54.6 Å². The third-order valence-corrected chi connectivity index (χ3v) is 4.59. The molecule has 8 nitrogen and oxygen atoms in total. The molecule has 8 heteroatoms. The molecule has 31 heavy (non-hydrogen) atoms. The first-order valence-corrected chi connectivity index (χ1v) is 9.02. The first kappa shape index (κ1) is 19.8. The summed E-state index contributed by atoms with van der Waals surface area (Å²) < 4.78 is 16.8. The van der Waals surface area contributed by atoms with Gasteiger partial charge in [0.15, 0.2) is 11.5 Å². The van der Waals surface area contributed by atoms with Gasteiger partial charge in [0.05, 0.1) is 12.7 Å². The van der Waals surface area contributed by atoms with E-state index >= 15 is 0 Å². The summed E-state index contributed by atoms with van der Waals surface area (Å²) in [5.41, 5.74) is 0.574. The van der Waals surface area contributed by atoms with Crippen molar-refractivity contribution in [3.8, 4) is 28.7 Å². The van der Waals surface area contributed by atoms with Crippen LogP contribution in [0, 0.1) is 0 Å². The Labute approximate surface area is 175 Å². The fourth-order valence-corrected chi connectivity index (χ4v) is 3.04. The number of ether oxygens (including phenoxy) is 3. The van der Waals surface area contributed by atoms with Gasteiger partial charge in [0.25, 0.3) is 5.78 Å². The van der Waals surface area contributed by atoms with E-state index in [-0.39, 0.29) is 16.9 Å². The van der Waals surface area contributed by atoms with Crippen molar-refractivity contribution in [2.24, 2.45) is 0 Å². The Morgan fingerprint density at radius 1 is 0.742 bits per heavy atom. The molecule has 0 saturated heterocycles. The molecule has 0 saturated carbocycles. The smallest absolute Gasteiger partial charge is 0.377 e. The van der Waals surface area contributed by atoms with Gasteiger partial charge in [-0.15, -0.1) is 0 Å². The third-order valence-electron chi connectivity index (χ3n) is 4.59. The first-order valence-electron chi connectivity index (χ1n) is 9.02. The van der Waals surface area contributed by atoms with Crippen LogP contribution in [-0.4, -0.2) is 35.5 Å². The average Bonchev–Trinajstić information content (AvgIpc) is 3.01. The Morgan fingerprint density at radius 3 is 2.06 bits per heavy atom. The van der Waals surface area contributed by atoms with E-state index in [1.165, 1.54) is 43.5 Å². The van der Waals surface area contributed by atoms with Gasteiger partial charge in [-0.3, -0.25) is 14.4 Å². The number of methoxy groups -OCH3 is 1. The van der Waals surface area contributed by atoms with Crippen molar-refractivity contribution in [2.75, 3.05) is 7.11 Å². The summed E-state index contributed by atoms with van der Waals surface area (Å²) in [5, 5.41) is 8.76. The second-order valence-corrected chi connectivity index (χ2v) is 6.54. The van der Waals surface area contributed by atoms with Crippen LogP contribution in [-0.2, 0) is 4.79 Å². The van der Waals surface area contributed by atoms with Crippen molar-refractivity contribution in [1.82, 2.24) is 0 Å². The van der Waals surface area contributed by atoms with Crippen LogP contribution in [0.1, 0.15) is 31.1 Å². The van der Waals surface area contributed by atoms with Crippen LogP contribution in [0.3, 0.4) is 0 Å². The molecular formula is C23H14O8. The van der Waals surface area contributed by atoms with Crippen molar-refractivity contribution in [1.29, 1.82) is 0 Å². The Bertz CT molecular complexity index is 1240. The Balaban J connectivity index is 1.53. The molecule has 1 aliphatic rings. The lowest BCUT2D eigenvalue weighted by atomic mass is 10.1. The number of hydrogen-bond donors (Lipinski definition) is 1. The van der Waals surface area contributed by atoms with Gasteiger partial charge in [0.1, 0.15) is 17.2 Å². The minimum absolute atomic E-state index is 0.0303. The van der Waals surface area contributed by atoms with Crippen LogP contribution in [0.25, 0.3) is 0 Å². The quantitative estimate of drug-likeness (QED) is 0.453. The van der Waals surface area contributed by atoms with Crippen LogP contribution >= 0.6 is 0 Å². The lowest BCUT2D eigenvalue weighted by molar-refractivity contribution is -0.131. The monoisotopic (exact) mass is 418 g/mol. The van der Waals surface area contributed by atoms with E-state index in [1.54, 1.807) is 24.3 Å². The zero-order valence-electron chi connectivity index (χ0n) is 16.1. The van der Waals surface area contributed by atoms with Crippen molar-refractivity contribution in [3.05, 3.63) is 77.4 Å². The van der Waals surface area contributed by atoms with Gasteiger partial charge in [0, 0.05) is 17.2 Å². The average molecular weight is 418 g/mol. The number of Topliss-reactive ketones (excluding diaryl/α,β-unsaturated/α-hetero) is 3. The lowest BCUT2D eigenvalue weighted by Gasteiger charge is -2.13. The molecule has 0 radical (unpaired) electrons. The number of benzene rings is 3. The van der Waals surface area contributed by atoms with Crippen molar-refractivity contribution in [2.45, 2.75) is 0 Å². The summed E-state index contributed by atoms with van der Waals surface area (Å²) in [4.78, 5) is 46.0. The summed E-state index contributed by atoms with van der Waals surface area (Å²) >= 11 is 0. The normalized spacial score (nSPS) is 11.9. The van der Waals surface area contributed by atoms with E-state index in [4.69, 9.17) is 19.3 Å². The van der Waals surface area contributed by atoms with Crippen LogP contribution in [0.15, 0.2) is 60.7 Å². The fourth-order valence-electron chi connectivity index (χ4n) is 3.04. The van der Waals surface area contributed by atoms with Crippen LogP contribution < -0.4 is 14.2 Å². The van der Waals surface area contributed by atoms with Gasteiger partial charge in [-0.1, -0.05) is 0 Å². The second kappa shape index (κ2) is 7.75. The van der Waals surface area contributed by atoms with E-state index in [9.17, 15) is 19.2 Å². The molecule has 3 aromatic carbocycles. The summed E-state index contributed by atoms with van der Waals surface area (Å²) in [7, 11) is 1.44. The molecule has 1 N–H and O–H groups in total. The highest BCUT2D eigenvalue weighted by Crippen LogP contribution is 2.38. The fraction of sp³-hybridized carbons (Fsp3) is 0.0435. The highest BCUT2D eigenvalue weighted by molar-refractivity contribution is 6.52. The number of aliphatic carboxylic acids is 1. The minimum atomic E-state index is -1.54. The maximum atomic E-state index is 12.0. The third kappa shape index (κ3) is 3.74. The molecule has 0 spiro atoms. The van der Waals surface area contributed by atoms with Crippen LogP contribution in [0.5, 0.6) is 28.7 Å². The summed E-state index contributed by atoms with van der Waals surface area (Å²) in [6, 6.07) is 14.9. The molecule has 0 unspecified atom stereocenters. The highest BCUT2D eigenvalue weighted by atomic mass is 16.5. The molecular weight excluding hydrogens is 404 g/mol. The number of fused-ring (bicyclic) bond motifs is 2. The Morgan fingerprint density at radius 2 is 1.39 bits per heavy atom. The Hall–Kier alpha value is -4.46. The number of carbonyl (C=O) groups excluding carboxylic acids is 3. The molecule has 0 aromatic heterocycles. The van der Waals surface area contributed by atoms with Gasteiger partial charge in [0.2, 0.25) is 11.6 Å². The number of hydrogen-bond acceptors (Lipinski definition) is 7. The first-order chi connectivity index (χ1) is 14.9. The standard InChI is InChI=1S/C23H14O8/c1-29-19-11-15(31-17-8-4-13-10-16(17)22(26)20(13)24)7-9-18(19)30-14-5-2-12(3-6-14)21(25)23(27)28/h2-11H,1H3,(H,27,28). The summed E-state index contributed by atoms with van der Waals surface area (Å²) in [5.74, 6) is -2.04. The largest absolute Gasteiger partial charge is 0.493 e.